The summed E-state index contributed by atoms with van der Waals surface area (Å²) in [4.78, 5) is 47.1. The summed E-state index contributed by atoms with van der Waals surface area (Å²) >= 11 is 1.21. The van der Waals surface area contributed by atoms with Crippen molar-refractivity contribution in [2.75, 3.05) is 11.9 Å². The lowest BCUT2D eigenvalue weighted by atomic mass is 10.2. The molecular weight excluding hydrogens is 374 g/mol. The molecular formula is C17H17N3O6S. The molecule has 0 aliphatic rings. The van der Waals surface area contributed by atoms with E-state index >= 15 is 0 Å². The molecule has 0 atom stereocenters. The Morgan fingerprint density at radius 2 is 1.85 bits per heavy atom. The number of urea groups is 1. The summed E-state index contributed by atoms with van der Waals surface area (Å²) in [7, 11) is 0. The number of esters is 1. The van der Waals surface area contributed by atoms with Crippen LogP contribution in [0.5, 0.6) is 0 Å². The van der Waals surface area contributed by atoms with Crippen molar-refractivity contribution in [2.45, 2.75) is 20.3 Å². The Labute approximate surface area is 158 Å². The van der Waals surface area contributed by atoms with Gasteiger partial charge in [0.15, 0.2) is 0 Å². The lowest BCUT2D eigenvalue weighted by molar-refractivity contribution is -0.384. The molecule has 2 N–H and O–H groups in total. The third-order valence-electron chi connectivity index (χ3n) is 3.42. The van der Waals surface area contributed by atoms with Gasteiger partial charge in [-0.2, -0.15) is 0 Å². The Morgan fingerprint density at radius 1 is 1.19 bits per heavy atom. The van der Waals surface area contributed by atoms with Gasteiger partial charge in [0.1, 0.15) is 5.00 Å². The number of carbonyl (C=O) groups excluding carboxylic acids is 3. The molecule has 1 aromatic heterocycles. The molecule has 0 radical (unpaired) electrons. The number of thiophene rings is 1. The van der Waals surface area contributed by atoms with Gasteiger partial charge in [-0.3, -0.25) is 25.5 Å². The van der Waals surface area contributed by atoms with E-state index in [-0.39, 0.29) is 28.4 Å². The van der Waals surface area contributed by atoms with Gasteiger partial charge in [-0.05, 0) is 31.5 Å². The second kappa shape index (κ2) is 8.90. The molecule has 1 aromatic carbocycles. The quantitative estimate of drug-likeness (QED) is 0.441. The van der Waals surface area contributed by atoms with Crippen LogP contribution in [0.25, 0.3) is 0 Å². The SMILES string of the molecule is CCOC(=O)c1cc(CC)sc1NC(=O)NC(=O)c1ccc([N+](=O)[O-])cc1. The Bertz CT molecular complexity index is 875. The molecule has 0 aliphatic carbocycles. The maximum Gasteiger partial charge on any atom is 0.341 e. The number of nitro groups is 1. The number of nitro benzene ring substituents is 1. The first kappa shape index (κ1) is 20.0. The largest absolute Gasteiger partial charge is 0.462 e. The summed E-state index contributed by atoms with van der Waals surface area (Å²) < 4.78 is 4.96. The second-order valence-corrected chi connectivity index (χ2v) is 6.38. The number of nitrogens with zero attached hydrogens (tertiary/aromatic N) is 1. The van der Waals surface area contributed by atoms with E-state index in [0.717, 1.165) is 4.88 Å². The summed E-state index contributed by atoms with van der Waals surface area (Å²) in [6, 6.07) is 5.62. The molecule has 2 aromatic rings. The van der Waals surface area contributed by atoms with E-state index in [4.69, 9.17) is 4.74 Å². The van der Waals surface area contributed by atoms with Gasteiger partial charge >= 0.3 is 12.0 Å². The number of non-ortho nitro benzene ring substituents is 1. The van der Waals surface area contributed by atoms with E-state index in [1.807, 2.05) is 6.92 Å². The highest BCUT2D eigenvalue weighted by atomic mass is 32.1. The van der Waals surface area contributed by atoms with Crippen LogP contribution < -0.4 is 10.6 Å². The van der Waals surface area contributed by atoms with Crippen LogP contribution in [-0.2, 0) is 11.2 Å². The maximum absolute atomic E-state index is 12.1. The van der Waals surface area contributed by atoms with Crippen LogP contribution in [0.4, 0.5) is 15.5 Å². The molecule has 0 saturated heterocycles. The lowest BCUT2D eigenvalue weighted by Crippen LogP contribution is -2.34. The van der Waals surface area contributed by atoms with Crippen LogP contribution in [0.15, 0.2) is 30.3 Å². The molecule has 0 unspecified atom stereocenters. The average molecular weight is 391 g/mol. The highest BCUT2D eigenvalue weighted by Gasteiger charge is 2.20. The van der Waals surface area contributed by atoms with Crippen molar-refractivity contribution < 1.29 is 24.0 Å². The van der Waals surface area contributed by atoms with Crippen molar-refractivity contribution in [3.63, 3.8) is 0 Å². The van der Waals surface area contributed by atoms with E-state index < -0.39 is 22.8 Å². The number of amides is 3. The predicted molar refractivity (Wildman–Crippen MR) is 99.2 cm³/mol. The molecule has 0 bridgehead atoms. The van der Waals surface area contributed by atoms with Crippen molar-refractivity contribution in [3.05, 3.63) is 56.5 Å². The van der Waals surface area contributed by atoms with Crippen molar-refractivity contribution in [3.8, 4) is 0 Å². The number of anilines is 1. The molecule has 142 valence electrons. The molecule has 3 amide bonds. The third kappa shape index (κ3) is 5.11. The second-order valence-electron chi connectivity index (χ2n) is 5.24. The van der Waals surface area contributed by atoms with Gasteiger partial charge in [0.2, 0.25) is 0 Å². The monoisotopic (exact) mass is 391 g/mol. The number of hydrogen-bond donors (Lipinski definition) is 2. The fourth-order valence-electron chi connectivity index (χ4n) is 2.11. The van der Waals surface area contributed by atoms with Crippen LogP contribution in [-0.4, -0.2) is 29.4 Å². The number of rotatable bonds is 6. The van der Waals surface area contributed by atoms with Crippen molar-refractivity contribution in [1.82, 2.24) is 5.32 Å². The van der Waals surface area contributed by atoms with Gasteiger partial charge in [0.05, 0.1) is 17.1 Å². The molecule has 1 heterocycles. The highest BCUT2D eigenvalue weighted by molar-refractivity contribution is 7.16. The predicted octanol–water partition coefficient (Wildman–Crippen LogP) is 3.36. The first-order valence-corrected chi connectivity index (χ1v) is 8.84. The van der Waals surface area contributed by atoms with Crippen molar-refractivity contribution >= 4 is 39.9 Å². The Kier molecular flexibility index (Phi) is 6.61. The van der Waals surface area contributed by atoms with Crippen LogP contribution in [0.2, 0.25) is 0 Å². The summed E-state index contributed by atoms with van der Waals surface area (Å²) in [6.07, 6.45) is 0.669. The van der Waals surface area contributed by atoms with Gasteiger partial charge in [0, 0.05) is 22.6 Å². The lowest BCUT2D eigenvalue weighted by Gasteiger charge is -2.07. The minimum absolute atomic E-state index is 0.0850. The molecule has 9 nitrogen and oxygen atoms in total. The van der Waals surface area contributed by atoms with E-state index in [2.05, 4.69) is 10.6 Å². The summed E-state index contributed by atoms with van der Waals surface area (Å²) in [5.41, 5.74) is 0.138. The number of carbonyl (C=O) groups is 3. The zero-order chi connectivity index (χ0) is 20.0. The number of hydrogen-bond acceptors (Lipinski definition) is 7. The molecule has 0 saturated carbocycles. The number of ether oxygens (including phenoxy) is 1. The third-order valence-corrected chi connectivity index (χ3v) is 4.62. The zero-order valence-electron chi connectivity index (χ0n) is 14.6. The Morgan fingerprint density at radius 3 is 2.41 bits per heavy atom. The van der Waals surface area contributed by atoms with Crippen LogP contribution >= 0.6 is 11.3 Å². The number of imide groups is 1. The summed E-state index contributed by atoms with van der Waals surface area (Å²) in [5, 5.41) is 15.5. The molecule has 0 fully saturated rings. The molecule has 0 spiro atoms. The van der Waals surface area contributed by atoms with E-state index in [1.165, 1.54) is 35.6 Å². The minimum atomic E-state index is -0.826. The fourth-order valence-corrected chi connectivity index (χ4v) is 3.09. The molecule has 10 heteroatoms. The van der Waals surface area contributed by atoms with E-state index in [9.17, 15) is 24.5 Å². The Balaban J connectivity index is 2.08. The first-order chi connectivity index (χ1) is 12.8. The topological polar surface area (TPSA) is 128 Å². The zero-order valence-corrected chi connectivity index (χ0v) is 15.4. The molecule has 2 rings (SSSR count). The van der Waals surface area contributed by atoms with Gasteiger partial charge in [0.25, 0.3) is 11.6 Å². The fraction of sp³-hybridized carbons (Fsp3) is 0.235. The van der Waals surface area contributed by atoms with Crippen molar-refractivity contribution in [1.29, 1.82) is 0 Å². The average Bonchev–Trinajstić information content (AvgIpc) is 3.04. The first-order valence-electron chi connectivity index (χ1n) is 8.02. The van der Waals surface area contributed by atoms with Crippen LogP contribution in [0.3, 0.4) is 0 Å². The van der Waals surface area contributed by atoms with Gasteiger partial charge in [-0.1, -0.05) is 6.92 Å². The van der Waals surface area contributed by atoms with Crippen LogP contribution in [0.1, 0.15) is 39.4 Å². The maximum atomic E-state index is 12.1. The number of nitrogens with one attached hydrogen (secondary N) is 2. The minimum Gasteiger partial charge on any atom is -0.462 e. The van der Waals surface area contributed by atoms with Gasteiger partial charge < -0.3 is 4.74 Å². The summed E-state index contributed by atoms with van der Waals surface area (Å²) in [6.45, 7) is 3.77. The van der Waals surface area contributed by atoms with E-state index in [1.54, 1.807) is 13.0 Å². The van der Waals surface area contributed by atoms with Gasteiger partial charge in [-0.15, -0.1) is 11.3 Å². The molecule has 27 heavy (non-hydrogen) atoms. The van der Waals surface area contributed by atoms with E-state index in [0.29, 0.717) is 6.42 Å². The molecule has 0 aliphatic heterocycles. The van der Waals surface area contributed by atoms with Gasteiger partial charge in [-0.25, -0.2) is 9.59 Å². The van der Waals surface area contributed by atoms with Crippen LogP contribution in [0, 0.1) is 10.1 Å². The summed E-state index contributed by atoms with van der Waals surface area (Å²) in [5.74, 6) is -1.29. The van der Waals surface area contributed by atoms with Crippen molar-refractivity contribution in [2.24, 2.45) is 0 Å². The smallest absolute Gasteiger partial charge is 0.341 e. The highest BCUT2D eigenvalue weighted by Crippen LogP contribution is 2.29. The number of aryl methyl sites for hydroxylation is 1. The normalized spacial score (nSPS) is 10.1. The number of benzene rings is 1. The standard InChI is InChI=1S/C17H17N3O6S/c1-3-12-9-13(16(22)26-4-2)15(27-12)19-17(23)18-14(21)10-5-7-11(8-6-10)20(24)25/h5-9H,3-4H2,1-2H3,(H2,18,19,21,23). The Hall–Kier alpha value is -3.27.